The Morgan fingerprint density at radius 2 is 1.86 bits per heavy atom. The molecule has 1 aliphatic rings. The number of nitrogens with zero attached hydrogens (tertiary/aromatic N) is 3. The van der Waals surface area contributed by atoms with E-state index in [4.69, 9.17) is 16.3 Å². The average Bonchev–Trinajstić information content (AvgIpc) is 3.42. The Balaban J connectivity index is 1.29. The number of carbonyl (C=O) groups is 2. The molecule has 212 valence electrons. The number of benzene rings is 3. The van der Waals surface area contributed by atoms with E-state index < -0.39 is 5.97 Å². The van der Waals surface area contributed by atoms with Crippen LogP contribution in [0.5, 0.6) is 5.75 Å². The fourth-order valence-electron chi connectivity index (χ4n) is 5.30. The number of nitrogens with one attached hydrogen (secondary N) is 1. The third-order valence-corrected chi connectivity index (χ3v) is 8.45. The first-order chi connectivity index (χ1) is 20.4. The van der Waals surface area contributed by atoms with Crippen LogP contribution in [0.25, 0.3) is 21.3 Å². The summed E-state index contributed by atoms with van der Waals surface area (Å²) in [6.07, 6.45) is 0.697. The van der Waals surface area contributed by atoms with E-state index in [1.807, 2.05) is 78.6 Å². The standard InChI is InChI=1S/C32H27ClN4O4S/c1-19-21(7-5-10-26(19)41-17-15-33)22-12-13-28(35-29(22)31(39)40)37-16-14-20-6-4-8-23(24(20)18-37)30(38)36-32-34-25-9-2-3-11-27(25)42-32/h2-13H,14-18H2,1H3,(H,39,40)(H,34,36,38). The second kappa shape index (κ2) is 11.8. The van der Waals surface area contributed by atoms with Gasteiger partial charge in [-0.15, -0.1) is 11.6 Å². The quantitative estimate of drug-likeness (QED) is 0.189. The topological polar surface area (TPSA) is 105 Å². The highest BCUT2D eigenvalue weighted by Gasteiger charge is 2.25. The van der Waals surface area contributed by atoms with E-state index in [0.717, 1.165) is 32.5 Å². The summed E-state index contributed by atoms with van der Waals surface area (Å²) in [4.78, 5) is 36.9. The number of fused-ring (bicyclic) bond motifs is 2. The SMILES string of the molecule is Cc1c(OCCCl)cccc1-c1ccc(N2CCc3cccc(C(=O)Nc4nc5ccccc5s4)c3C2)nc1C(=O)O. The lowest BCUT2D eigenvalue weighted by atomic mass is 9.94. The number of aromatic nitrogens is 2. The molecule has 0 saturated carbocycles. The van der Waals surface area contributed by atoms with Crippen LogP contribution >= 0.6 is 22.9 Å². The predicted octanol–water partition coefficient (Wildman–Crippen LogP) is 6.80. The van der Waals surface area contributed by atoms with Crippen molar-refractivity contribution in [2.75, 3.05) is 29.2 Å². The van der Waals surface area contributed by atoms with Crippen molar-refractivity contribution in [1.29, 1.82) is 0 Å². The lowest BCUT2D eigenvalue weighted by Gasteiger charge is -2.31. The zero-order valence-corrected chi connectivity index (χ0v) is 24.3. The van der Waals surface area contributed by atoms with Crippen molar-refractivity contribution in [2.24, 2.45) is 0 Å². The van der Waals surface area contributed by atoms with E-state index in [1.54, 1.807) is 6.07 Å². The van der Waals surface area contributed by atoms with Gasteiger partial charge in [0.05, 0.1) is 16.1 Å². The number of carboxylic acids is 1. The number of amides is 1. The van der Waals surface area contributed by atoms with E-state index in [-0.39, 0.29) is 11.6 Å². The Kier molecular flexibility index (Phi) is 7.78. The minimum Gasteiger partial charge on any atom is -0.492 e. The molecule has 0 saturated heterocycles. The highest BCUT2D eigenvalue weighted by atomic mass is 35.5. The number of aromatic carboxylic acids is 1. The van der Waals surface area contributed by atoms with Gasteiger partial charge in [-0.25, -0.2) is 14.8 Å². The molecule has 1 amide bonds. The first kappa shape index (κ1) is 27.7. The monoisotopic (exact) mass is 598 g/mol. The van der Waals surface area contributed by atoms with Crippen molar-refractivity contribution in [2.45, 2.75) is 19.9 Å². The number of hydrogen-bond donors (Lipinski definition) is 2. The first-order valence-electron chi connectivity index (χ1n) is 13.5. The Bertz CT molecular complexity index is 1790. The molecule has 10 heteroatoms. The number of carbonyl (C=O) groups excluding carboxylic acids is 1. The number of hydrogen-bond acceptors (Lipinski definition) is 7. The van der Waals surface area contributed by atoms with Crippen LogP contribution in [-0.2, 0) is 13.0 Å². The van der Waals surface area contributed by atoms with Crippen LogP contribution in [0.4, 0.5) is 10.9 Å². The van der Waals surface area contributed by atoms with Crippen LogP contribution in [0.3, 0.4) is 0 Å². The van der Waals surface area contributed by atoms with Gasteiger partial charge in [-0.2, -0.15) is 0 Å². The Morgan fingerprint density at radius 3 is 2.67 bits per heavy atom. The van der Waals surface area contributed by atoms with Gasteiger partial charge in [-0.1, -0.05) is 47.7 Å². The van der Waals surface area contributed by atoms with Crippen LogP contribution < -0.4 is 15.0 Å². The van der Waals surface area contributed by atoms with Gasteiger partial charge in [0.2, 0.25) is 0 Å². The zero-order valence-electron chi connectivity index (χ0n) is 22.8. The smallest absolute Gasteiger partial charge is 0.355 e. The summed E-state index contributed by atoms with van der Waals surface area (Å²) in [6.45, 7) is 3.31. The molecule has 2 N–H and O–H groups in total. The first-order valence-corrected chi connectivity index (χ1v) is 14.8. The van der Waals surface area contributed by atoms with E-state index in [0.29, 0.717) is 59.8 Å². The molecule has 0 spiro atoms. The number of anilines is 2. The largest absolute Gasteiger partial charge is 0.492 e. The molecule has 0 atom stereocenters. The van der Waals surface area contributed by atoms with Crippen molar-refractivity contribution in [3.63, 3.8) is 0 Å². The van der Waals surface area contributed by atoms with E-state index in [9.17, 15) is 14.7 Å². The van der Waals surface area contributed by atoms with Crippen molar-refractivity contribution >= 4 is 56.0 Å². The zero-order chi connectivity index (χ0) is 29.2. The molecule has 8 nitrogen and oxygen atoms in total. The van der Waals surface area contributed by atoms with E-state index >= 15 is 0 Å². The summed E-state index contributed by atoms with van der Waals surface area (Å²) in [5.74, 6) is 0.193. The van der Waals surface area contributed by atoms with Gasteiger partial charge in [0, 0.05) is 24.2 Å². The Hall–Kier alpha value is -4.47. The molecule has 5 aromatic rings. The van der Waals surface area contributed by atoms with Crippen molar-refractivity contribution in [3.8, 4) is 16.9 Å². The lowest BCUT2D eigenvalue weighted by Crippen LogP contribution is -2.33. The maximum atomic E-state index is 13.4. The lowest BCUT2D eigenvalue weighted by molar-refractivity contribution is 0.0691. The molecule has 0 fully saturated rings. The molecule has 2 aromatic heterocycles. The molecule has 1 aliphatic heterocycles. The van der Waals surface area contributed by atoms with Gasteiger partial charge < -0.3 is 14.7 Å². The van der Waals surface area contributed by atoms with Crippen LogP contribution in [-0.4, -0.2) is 46.0 Å². The van der Waals surface area contributed by atoms with Gasteiger partial charge in [0.15, 0.2) is 10.8 Å². The van der Waals surface area contributed by atoms with Crippen molar-refractivity contribution in [3.05, 3.63) is 101 Å². The number of alkyl halides is 1. The molecule has 0 bridgehead atoms. The molecule has 3 aromatic carbocycles. The number of halogens is 1. The fraction of sp³-hybridized carbons (Fsp3) is 0.188. The van der Waals surface area contributed by atoms with Crippen LogP contribution in [0.1, 0.15) is 37.5 Å². The van der Waals surface area contributed by atoms with Gasteiger partial charge >= 0.3 is 5.97 Å². The highest BCUT2D eigenvalue weighted by Crippen LogP contribution is 2.34. The number of carboxylic acid groups (broad SMARTS) is 1. The van der Waals surface area contributed by atoms with Gasteiger partial charge in [0.1, 0.15) is 18.2 Å². The number of para-hydroxylation sites is 1. The Labute approximate surface area is 251 Å². The third kappa shape index (κ3) is 5.41. The molecular weight excluding hydrogens is 572 g/mol. The summed E-state index contributed by atoms with van der Waals surface area (Å²) < 4.78 is 6.74. The van der Waals surface area contributed by atoms with Crippen molar-refractivity contribution in [1.82, 2.24) is 9.97 Å². The highest BCUT2D eigenvalue weighted by molar-refractivity contribution is 7.22. The number of thiazole rings is 1. The summed E-state index contributed by atoms with van der Waals surface area (Å²) in [7, 11) is 0. The minimum atomic E-state index is -1.12. The number of pyridine rings is 1. The molecule has 0 aliphatic carbocycles. The van der Waals surface area contributed by atoms with E-state index in [1.165, 1.54) is 11.3 Å². The van der Waals surface area contributed by atoms with Gasteiger partial charge in [0.25, 0.3) is 5.91 Å². The molecule has 6 rings (SSSR count). The average molecular weight is 599 g/mol. The maximum Gasteiger partial charge on any atom is 0.355 e. The summed E-state index contributed by atoms with van der Waals surface area (Å²) in [5.41, 5.74) is 5.40. The minimum absolute atomic E-state index is 0.0437. The Morgan fingerprint density at radius 1 is 1.02 bits per heavy atom. The van der Waals surface area contributed by atoms with Gasteiger partial charge in [-0.3, -0.25) is 10.1 Å². The molecule has 0 radical (unpaired) electrons. The maximum absolute atomic E-state index is 13.4. The number of ether oxygens (including phenoxy) is 1. The normalized spacial score (nSPS) is 12.7. The second-order valence-electron chi connectivity index (χ2n) is 9.89. The molecule has 0 unspecified atom stereocenters. The summed E-state index contributed by atoms with van der Waals surface area (Å²) in [6, 6.07) is 22.6. The molecular formula is C32H27ClN4O4S. The van der Waals surface area contributed by atoms with Gasteiger partial charge in [-0.05, 0) is 72.0 Å². The molecule has 42 heavy (non-hydrogen) atoms. The second-order valence-corrected chi connectivity index (χ2v) is 11.3. The van der Waals surface area contributed by atoms with Crippen LogP contribution in [0.15, 0.2) is 72.8 Å². The number of rotatable bonds is 8. The van der Waals surface area contributed by atoms with Crippen molar-refractivity contribution < 1.29 is 19.4 Å². The third-order valence-electron chi connectivity index (χ3n) is 7.35. The fourth-order valence-corrected chi connectivity index (χ4v) is 6.23. The van der Waals surface area contributed by atoms with Crippen LogP contribution in [0, 0.1) is 6.92 Å². The summed E-state index contributed by atoms with van der Waals surface area (Å²) in [5, 5.41) is 13.6. The van der Waals surface area contributed by atoms with Crippen LogP contribution in [0.2, 0.25) is 0 Å². The molecule has 3 heterocycles. The van der Waals surface area contributed by atoms with E-state index in [2.05, 4.69) is 15.3 Å². The summed E-state index contributed by atoms with van der Waals surface area (Å²) >= 11 is 7.22. The predicted molar refractivity (Wildman–Crippen MR) is 166 cm³/mol.